The highest BCUT2D eigenvalue weighted by Gasteiger charge is 2.21. The summed E-state index contributed by atoms with van der Waals surface area (Å²) in [4.78, 5) is 22.8. The van der Waals surface area contributed by atoms with Crippen molar-refractivity contribution in [2.45, 2.75) is 25.8 Å². The van der Waals surface area contributed by atoms with Crippen LogP contribution in [0.4, 0.5) is 5.69 Å². The third-order valence-corrected chi connectivity index (χ3v) is 3.50. The minimum Gasteiger partial charge on any atom is -0.349 e. The fourth-order valence-corrected chi connectivity index (χ4v) is 2.28. The minimum atomic E-state index is -0.535. The van der Waals surface area contributed by atoms with E-state index in [9.17, 15) is 14.9 Å². The zero-order chi connectivity index (χ0) is 15.9. The van der Waals surface area contributed by atoms with E-state index in [-0.39, 0.29) is 17.3 Å². The third kappa shape index (κ3) is 3.91. The Morgan fingerprint density at radius 1 is 1.14 bits per heavy atom. The number of nitro benzene ring substituents is 1. The molecule has 0 heterocycles. The summed E-state index contributed by atoms with van der Waals surface area (Å²) in [6, 6.07) is 15.8. The van der Waals surface area contributed by atoms with Crippen LogP contribution in [0.25, 0.3) is 0 Å². The van der Waals surface area contributed by atoms with Gasteiger partial charge in [0.2, 0.25) is 0 Å². The largest absolute Gasteiger partial charge is 0.349 e. The Hall–Kier alpha value is -2.69. The minimum absolute atomic E-state index is 0.0605. The van der Waals surface area contributed by atoms with Gasteiger partial charge in [-0.05, 0) is 24.5 Å². The Balaban J connectivity index is 2.11. The van der Waals surface area contributed by atoms with E-state index in [0.29, 0.717) is 6.42 Å². The first-order chi connectivity index (χ1) is 10.6. The second-order valence-corrected chi connectivity index (χ2v) is 5.04. The van der Waals surface area contributed by atoms with Gasteiger partial charge in [0, 0.05) is 12.1 Å². The van der Waals surface area contributed by atoms with Gasteiger partial charge in [0.05, 0.1) is 4.92 Å². The van der Waals surface area contributed by atoms with Crippen LogP contribution in [0, 0.1) is 10.1 Å². The van der Waals surface area contributed by atoms with E-state index >= 15 is 0 Å². The van der Waals surface area contributed by atoms with Gasteiger partial charge in [0.25, 0.3) is 11.6 Å². The Kier molecular flexibility index (Phi) is 5.25. The number of rotatable bonds is 6. The van der Waals surface area contributed by atoms with Crippen molar-refractivity contribution in [3.63, 3.8) is 0 Å². The summed E-state index contributed by atoms with van der Waals surface area (Å²) >= 11 is 0. The zero-order valence-corrected chi connectivity index (χ0v) is 12.4. The van der Waals surface area contributed by atoms with Crippen LogP contribution in [0.15, 0.2) is 54.6 Å². The average Bonchev–Trinajstić information content (AvgIpc) is 2.55. The molecule has 2 aromatic carbocycles. The lowest BCUT2D eigenvalue weighted by atomic mass is 10.0. The first-order valence-electron chi connectivity index (χ1n) is 7.20. The summed E-state index contributed by atoms with van der Waals surface area (Å²) < 4.78 is 0. The lowest BCUT2D eigenvalue weighted by molar-refractivity contribution is -0.385. The van der Waals surface area contributed by atoms with Gasteiger partial charge in [-0.3, -0.25) is 14.9 Å². The van der Waals surface area contributed by atoms with E-state index in [4.69, 9.17) is 0 Å². The molecule has 0 radical (unpaired) electrons. The Morgan fingerprint density at radius 2 is 1.77 bits per heavy atom. The number of carbonyl (C=O) groups excluding carboxylic acids is 1. The number of benzene rings is 2. The SMILES string of the molecule is CCC(Cc1ccccc1)NC(=O)c1ccccc1[N+](=O)[O-]. The van der Waals surface area contributed by atoms with E-state index in [0.717, 1.165) is 12.0 Å². The van der Waals surface area contributed by atoms with Crippen LogP contribution < -0.4 is 5.32 Å². The number of hydrogen-bond acceptors (Lipinski definition) is 3. The van der Waals surface area contributed by atoms with Crippen molar-refractivity contribution in [1.29, 1.82) is 0 Å². The molecule has 0 aliphatic rings. The number of nitrogens with one attached hydrogen (secondary N) is 1. The summed E-state index contributed by atoms with van der Waals surface area (Å²) in [5, 5.41) is 13.9. The highest BCUT2D eigenvalue weighted by atomic mass is 16.6. The average molecular weight is 298 g/mol. The Labute approximate surface area is 129 Å². The monoisotopic (exact) mass is 298 g/mol. The van der Waals surface area contributed by atoms with Crippen molar-refractivity contribution in [3.8, 4) is 0 Å². The van der Waals surface area contributed by atoms with Crippen molar-refractivity contribution in [3.05, 3.63) is 75.8 Å². The second kappa shape index (κ2) is 7.36. The van der Waals surface area contributed by atoms with Gasteiger partial charge in [-0.2, -0.15) is 0 Å². The predicted molar refractivity (Wildman–Crippen MR) is 84.8 cm³/mol. The van der Waals surface area contributed by atoms with Crippen LogP contribution in [0.1, 0.15) is 29.3 Å². The van der Waals surface area contributed by atoms with Crippen LogP contribution >= 0.6 is 0 Å². The Bertz CT molecular complexity index is 656. The molecule has 0 saturated heterocycles. The molecular formula is C17H18N2O3. The number of carbonyl (C=O) groups is 1. The van der Waals surface area contributed by atoms with Crippen molar-refractivity contribution >= 4 is 11.6 Å². The van der Waals surface area contributed by atoms with Crippen LogP contribution in [-0.2, 0) is 6.42 Å². The lowest BCUT2D eigenvalue weighted by Crippen LogP contribution is -2.36. The smallest absolute Gasteiger partial charge is 0.282 e. The van der Waals surface area contributed by atoms with E-state index in [1.54, 1.807) is 12.1 Å². The third-order valence-electron chi connectivity index (χ3n) is 3.50. The standard InChI is InChI=1S/C17H18N2O3/c1-2-14(12-13-8-4-3-5-9-13)18-17(20)15-10-6-7-11-16(15)19(21)22/h3-11,14H,2,12H2,1H3,(H,18,20). The van der Waals surface area contributed by atoms with Crippen LogP contribution in [0.2, 0.25) is 0 Å². The molecule has 1 unspecified atom stereocenters. The van der Waals surface area contributed by atoms with Crippen LogP contribution in [0.5, 0.6) is 0 Å². The second-order valence-electron chi connectivity index (χ2n) is 5.04. The number of hydrogen-bond donors (Lipinski definition) is 1. The van der Waals surface area contributed by atoms with Crippen molar-refractivity contribution in [2.24, 2.45) is 0 Å². The summed E-state index contributed by atoms with van der Waals surface area (Å²) in [5.41, 5.74) is 1.05. The van der Waals surface area contributed by atoms with Gasteiger partial charge in [0.1, 0.15) is 5.56 Å². The highest BCUT2D eigenvalue weighted by Crippen LogP contribution is 2.18. The lowest BCUT2D eigenvalue weighted by Gasteiger charge is -2.17. The first-order valence-corrected chi connectivity index (χ1v) is 7.20. The molecule has 0 saturated carbocycles. The van der Waals surface area contributed by atoms with E-state index in [1.807, 2.05) is 37.3 Å². The summed E-state index contributed by atoms with van der Waals surface area (Å²) in [6.45, 7) is 1.98. The molecule has 5 heteroatoms. The van der Waals surface area contributed by atoms with Crippen molar-refractivity contribution < 1.29 is 9.72 Å². The fraction of sp³-hybridized carbons (Fsp3) is 0.235. The molecule has 1 N–H and O–H groups in total. The van der Waals surface area contributed by atoms with Gasteiger partial charge in [-0.15, -0.1) is 0 Å². The summed E-state index contributed by atoms with van der Waals surface area (Å²) in [5.74, 6) is -0.407. The molecule has 114 valence electrons. The summed E-state index contributed by atoms with van der Waals surface area (Å²) in [6.07, 6.45) is 1.45. The van der Waals surface area contributed by atoms with E-state index in [1.165, 1.54) is 12.1 Å². The van der Waals surface area contributed by atoms with Crippen LogP contribution in [-0.4, -0.2) is 16.9 Å². The molecule has 0 aliphatic carbocycles. The van der Waals surface area contributed by atoms with Gasteiger partial charge in [0.15, 0.2) is 0 Å². The maximum Gasteiger partial charge on any atom is 0.282 e. The molecule has 0 fully saturated rings. The quantitative estimate of drug-likeness (QED) is 0.656. The number of para-hydroxylation sites is 1. The maximum atomic E-state index is 12.3. The van der Waals surface area contributed by atoms with Crippen molar-refractivity contribution in [2.75, 3.05) is 0 Å². The fourth-order valence-electron chi connectivity index (χ4n) is 2.28. The van der Waals surface area contributed by atoms with E-state index < -0.39 is 10.8 Å². The Morgan fingerprint density at radius 3 is 2.41 bits per heavy atom. The number of amides is 1. The molecule has 5 nitrogen and oxygen atoms in total. The van der Waals surface area contributed by atoms with Gasteiger partial charge >= 0.3 is 0 Å². The van der Waals surface area contributed by atoms with Gasteiger partial charge in [-0.1, -0.05) is 49.4 Å². The first kappa shape index (κ1) is 15.7. The maximum absolute atomic E-state index is 12.3. The molecule has 0 spiro atoms. The summed E-state index contributed by atoms with van der Waals surface area (Å²) in [7, 11) is 0. The molecule has 2 rings (SSSR count). The molecule has 0 aliphatic heterocycles. The van der Waals surface area contributed by atoms with Crippen LogP contribution in [0.3, 0.4) is 0 Å². The molecule has 0 bridgehead atoms. The topological polar surface area (TPSA) is 72.2 Å². The molecule has 1 atom stereocenters. The number of nitrogens with zero attached hydrogens (tertiary/aromatic N) is 1. The number of nitro groups is 1. The highest BCUT2D eigenvalue weighted by molar-refractivity contribution is 5.98. The zero-order valence-electron chi connectivity index (χ0n) is 12.4. The normalized spacial score (nSPS) is 11.7. The molecular weight excluding hydrogens is 280 g/mol. The molecule has 0 aromatic heterocycles. The van der Waals surface area contributed by atoms with Gasteiger partial charge in [-0.25, -0.2) is 0 Å². The molecule has 1 amide bonds. The molecule has 2 aromatic rings. The molecule has 22 heavy (non-hydrogen) atoms. The predicted octanol–water partition coefficient (Wildman–Crippen LogP) is 3.35. The van der Waals surface area contributed by atoms with Gasteiger partial charge < -0.3 is 5.32 Å². The van der Waals surface area contributed by atoms with Crippen molar-refractivity contribution in [1.82, 2.24) is 5.32 Å². The van der Waals surface area contributed by atoms with E-state index in [2.05, 4.69) is 5.32 Å².